The molecule has 2 rings (SSSR count). The minimum atomic E-state index is 0.870. The lowest BCUT2D eigenvalue weighted by Gasteiger charge is -2.27. The normalized spacial score (nSPS) is 16.3. The maximum absolute atomic E-state index is 5.87. The van der Waals surface area contributed by atoms with E-state index in [2.05, 4.69) is 30.0 Å². The summed E-state index contributed by atoms with van der Waals surface area (Å²) in [5.74, 6) is 0.892. The fourth-order valence-electron chi connectivity index (χ4n) is 2.82. The Balaban J connectivity index is 2.04. The summed E-state index contributed by atoms with van der Waals surface area (Å²) in [5.41, 5.74) is 8.03. The molecule has 1 saturated carbocycles. The predicted octanol–water partition coefficient (Wildman–Crippen LogP) is 3.68. The molecule has 0 radical (unpaired) electrons. The molecule has 0 bridgehead atoms. The van der Waals surface area contributed by atoms with E-state index in [1.807, 2.05) is 6.07 Å². The van der Waals surface area contributed by atoms with Crippen LogP contribution in [0.3, 0.4) is 0 Å². The standard InChI is InChI=1S/C15H24N2/c1-2-10-17(12-13-6-3-4-7-13)15-9-5-8-14(16)11-15/h5,8-9,11,13H,2-4,6-7,10,12,16H2,1H3. The van der Waals surface area contributed by atoms with Gasteiger partial charge in [0.05, 0.1) is 0 Å². The highest BCUT2D eigenvalue weighted by atomic mass is 15.1. The van der Waals surface area contributed by atoms with Gasteiger partial charge in [-0.3, -0.25) is 0 Å². The third kappa shape index (κ3) is 3.39. The molecule has 0 atom stereocenters. The fourth-order valence-corrected chi connectivity index (χ4v) is 2.82. The summed E-state index contributed by atoms with van der Waals surface area (Å²) in [5, 5.41) is 0. The summed E-state index contributed by atoms with van der Waals surface area (Å²) in [6.07, 6.45) is 6.84. The lowest BCUT2D eigenvalue weighted by Crippen LogP contribution is -2.29. The molecular weight excluding hydrogens is 208 g/mol. The number of rotatable bonds is 5. The van der Waals surface area contributed by atoms with Crippen molar-refractivity contribution in [3.05, 3.63) is 24.3 Å². The zero-order chi connectivity index (χ0) is 12.1. The lowest BCUT2D eigenvalue weighted by atomic mass is 10.1. The van der Waals surface area contributed by atoms with E-state index < -0.39 is 0 Å². The van der Waals surface area contributed by atoms with Gasteiger partial charge in [-0.1, -0.05) is 25.8 Å². The van der Waals surface area contributed by atoms with Crippen LogP contribution in [0.1, 0.15) is 39.0 Å². The van der Waals surface area contributed by atoms with Crippen molar-refractivity contribution in [2.45, 2.75) is 39.0 Å². The summed E-state index contributed by atoms with van der Waals surface area (Å²) in [7, 11) is 0. The molecule has 1 aliphatic carbocycles. The van der Waals surface area contributed by atoms with E-state index in [9.17, 15) is 0 Å². The van der Waals surface area contributed by atoms with Crippen molar-refractivity contribution in [3.63, 3.8) is 0 Å². The molecule has 94 valence electrons. The van der Waals surface area contributed by atoms with Crippen molar-refractivity contribution < 1.29 is 0 Å². The minimum Gasteiger partial charge on any atom is -0.399 e. The topological polar surface area (TPSA) is 29.3 Å². The van der Waals surface area contributed by atoms with Gasteiger partial charge in [0.1, 0.15) is 0 Å². The average molecular weight is 232 g/mol. The molecule has 0 saturated heterocycles. The maximum atomic E-state index is 5.87. The number of anilines is 2. The Hall–Kier alpha value is -1.18. The number of nitrogens with zero attached hydrogens (tertiary/aromatic N) is 1. The van der Waals surface area contributed by atoms with E-state index in [1.54, 1.807) is 0 Å². The molecule has 0 heterocycles. The van der Waals surface area contributed by atoms with E-state index >= 15 is 0 Å². The van der Waals surface area contributed by atoms with Crippen LogP contribution in [0.15, 0.2) is 24.3 Å². The van der Waals surface area contributed by atoms with E-state index in [4.69, 9.17) is 5.73 Å². The second-order valence-corrected chi connectivity index (χ2v) is 5.19. The molecule has 1 aliphatic rings. The van der Waals surface area contributed by atoms with E-state index in [-0.39, 0.29) is 0 Å². The van der Waals surface area contributed by atoms with Crippen LogP contribution >= 0.6 is 0 Å². The highest BCUT2D eigenvalue weighted by Crippen LogP contribution is 2.28. The largest absolute Gasteiger partial charge is 0.399 e. The van der Waals surface area contributed by atoms with E-state index in [1.165, 1.54) is 44.3 Å². The summed E-state index contributed by atoms with van der Waals surface area (Å²) >= 11 is 0. The number of hydrogen-bond acceptors (Lipinski definition) is 2. The van der Waals surface area contributed by atoms with Gasteiger partial charge in [0, 0.05) is 24.5 Å². The van der Waals surface area contributed by atoms with Crippen LogP contribution in [0.2, 0.25) is 0 Å². The second-order valence-electron chi connectivity index (χ2n) is 5.19. The van der Waals surface area contributed by atoms with Gasteiger partial charge in [0.2, 0.25) is 0 Å². The molecule has 2 nitrogen and oxygen atoms in total. The Kier molecular flexibility index (Phi) is 4.29. The van der Waals surface area contributed by atoms with Crippen molar-refractivity contribution in [2.75, 3.05) is 23.7 Å². The van der Waals surface area contributed by atoms with Crippen LogP contribution < -0.4 is 10.6 Å². The third-order valence-electron chi connectivity index (χ3n) is 3.68. The molecule has 0 spiro atoms. The maximum Gasteiger partial charge on any atom is 0.0386 e. The first-order valence-electron chi connectivity index (χ1n) is 6.90. The zero-order valence-electron chi connectivity index (χ0n) is 10.9. The predicted molar refractivity (Wildman–Crippen MR) is 75.3 cm³/mol. The van der Waals surface area contributed by atoms with Crippen LogP contribution in [0.25, 0.3) is 0 Å². The Morgan fingerprint density at radius 2 is 2.06 bits per heavy atom. The Bertz CT molecular complexity index is 343. The highest BCUT2D eigenvalue weighted by Gasteiger charge is 2.18. The van der Waals surface area contributed by atoms with Gasteiger partial charge in [-0.05, 0) is 43.4 Å². The SMILES string of the molecule is CCCN(CC1CCCC1)c1cccc(N)c1. The van der Waals surface area contributed by atoms with Crippen molar-refractivity contribution in [1.82, 2.24) is 0 Å². The minimum absolute atomic E-state index is 0.870. The van der Waals surface area contributed by atoms with E-state index in [0.29, 0.717) is 0 Å². The molecule has 0 amide bonds. The first-order chi connectivity index (χ1) is 8.29. The molecular formula is C15H24N2. The van der Waals surface area contributed by atoms with Gasteiger partial charge < -0.3 is 10.6 Å². The monoisotopic (exact) mass is 232 g/mol. The van der Waals surface area contributed by atoms with Crippen molar-refractivity contribution >= 4 is 11.4 Å². The van der Waals surface area contributed by atoms with E-state index in [0.717, 1.165) is 18.2 Å². The first kappa shape index (κ1) is 12.3. The van der Waals surface area contributed by atoms with Crippen molar-refractivity contribution in [2.24, 2.45) is 5.92 Å². The Morgan fingerprint density at radius 1 is 1.29 bits per heavy atom. The molecule has 0 aromatic heterocycles. The number of hydrogen-bond donors (Lipinski definition) is 1. The first-order valence-corrected chi connectivity index (χ1v) is 6.90. The fraction of sp³-hybridized carbons (Fsp3) is 0.600. The number of nitrogen functional groups attached to an aromatic ring is 1. The van der Waals surface area contributed by atoms with Gasteiger partial charge in [-0.25, -0.2) is 0 Å². The molecule has 1 aromatic carbocycles. The highest BCUT2D eigenvalue weighted by molar-refractivity contribution is 5.55. The van der Waals surface area contributed by atoms with Gasteiger partial charge in [-0.2, -0.15) is 0 Å². The molecule has 0 aliphatic heterocycles. The second kappa shape index (κ2) is 5.95. The summed E-state index contributed by atoms with van der Waals surface area (Å²) in [4.78, 5) is 2.51. The molecule has 2 heteroatoms. The zero-order valence-corrected chi connectivity index (χ0v) is 10.9. The Labute approximate surface area is 105 Å². The van der Waals surface area contributed by atoms with Crippen LogP contribution in [-0.2, 0) is 0 Å². The molecule has 1 fully saturated rings. The molecule has 2 N–H and O–H groups in total. The molecule has 17 heavy (non-hydrogen) atoms. The van der Waals surface area contributed by atoms with Crippen molar-refractivity contribution in [3.8, 4) is 0 Å². The van der Waals surface area contributed by atoms with Crippen molar-refractivity contribution in [1.29, 1.82) is 0 Å². The summed E-state index contributed by atoms with van der Waals surface area (Å²) in [6, 6.07) is 8.30. The molecule has 1 aromatic rings. The lowest BCUT2D eigenvalue weighted by molar-refractivity contribution is 0.529. The number of benzene rings is 1. The van der Waals surface area contributed by atoms with Crippen LogP contribution in [0, 0.1) is 5.92 Å². The summed E-state index contributed by atoms with van der Waals surface area (Å²) in [6.45, 7) is 4.59. The smallest absolute Gasteiger partial charge is 0.0386 e. The van der Waals surface area contributed by atoms with Gasteiger partial charge in [0.25, 0.3) is 0 Å². The quantitative estimate of drug-likeness (QED) is 0.785. The summed E-state index contributed by atoms with van der Waals surface area (Å²) < 4.78 is 0. The van der Waals surface area contributed by atoms with Gasteiger partial charge in [-0.15, -0.1) is 0 Å². The van der Waals surface area contributed by atoms with Crippen LogP contribution in [0.4, 0.5) is 11.4 Å². The third-order valence-corrected chi connectivity index (χ3v) is 3.68. The number of nitrogens with two attached hydrogens (primary N) is 1. The molecule has 0 unspecified atom stereocenters. The average Bonchev–Trinajstić information content (AvgIpc) is 2.81. The Morgan fingerprint density at radius 3 is 2.71 bits per heavy atom. The van der Waals surface area contributed by atoms with Gasteiger partial charge >= 0.3 is 0 Å². The van der Waals surface area contributed by atoms with Gasteiger partial charge in [0.15, 0.2) is 0 Å². The van der Waals surface area contributed by atoms with Crippen LogP contribution in [-0.4, -0.2) is 13.1 Å². The van der Waals surface area contributed by atoms with Crippen LogP contribution in [0.5, 0.6) is 0 Å².